The van der Waals surface area contributed by atoms with E-state index in [1.165, 1.54) is 30.1 Å². The fourth-order valence-electron chi connectivity index (χ4n) is 2.81. The number of amides is 2. The number of carbonyl (C=O) groups excluding carboxylic acids is 2. The minimum absolute atomic E-state index is 0.108. The molecule has 2 rings (SSSR count). The van der Waals surface area contributed by atoms with Gasteiger partial charge in [-0.1, -0.05) is 0 Å². The minimum atomic E-state index is -3.19. The van der Waals surface area contributed by atoms with E-state index in [0.717, 1.165) is 4.90 Å². The molecule has 0 spiro atoms. The second kappa shape index (κ2) is 10.4. The normalized spacial score (nSPS) is 15.9. The molecule has 8 nitrogen and oxygen atoms in total. The third-order valence-corrected chi connectivity index (χ3v) is 4.22. The van der Waals surface area contributed by atoms with E-state index in [1.54, 1.807) is 0 Å². The highest BCUT2D eigenvalue weighted by molar-refractivity contribution is 5.98. The zero-order valence-corrected chi connectivity index (χ0v) is 15.6. The fourth-order valence-corrected chi connectivity index (χ4v) is 2.81. The Hall–Kier alpha value is -2.44. The number of alkyl halides is 4. The maximum atomic E-state index is 12.8. The number of benzene rings is 1. The van der Waals surface area contributed by atoms with Crippen LogP contribution in [0.15, 0.2) is 18.2 Å². The summed E-state index contributed by atoms with van der Waals surface area (Å²) in [6, 6.07) is 2.81. The molecule has 0 aromatic heterocycles. The molecule has 1 aromatic carbocycles. The number of carbonyl (C=O) groups is 2. The van der Waals surface area contributed by atoms with Crippen molar-refractivity contribution in [2.45, 2.75) is 19.1 Å². The first-order valence-electron chi connectivity index (χ1n) is 8.69. The summed E-state index contributed by atoms with van der Waals surface area (Å²) in [5, 5.41) is 2.37. The molecule has 1 fully saturated rings. The number of rotatable bonds is 9. The van der Waals surface area contributed by atoms with E-state index in [4.69, 9.17) is 10.5 Å². The van der Waals surface area contributed by atoms with Crippen LogP contribution in [0.3, 0.4) is 0 Å². The predicted octanol–water partition coefficient (Wildman–Crippen LogP) is 1.11. The maximum absolute atomic E-state index is 12.8. The molecule has 0 radical (unpaired) electrons. The Balaban J connectivity index is 2.24. The molecule has 0 unspecified atom stereocenters. The predicted molar refractivity (Wildman–Crippen MR) is 96.4 cm³/mol. The largest absolute Gasteiger partial charge is 0.433 e. The van der Waals surface area contributed by atoms with Gasteiger partial charge in [-0.15, -0.1) is 0 Å². The highest BCUT2D eigenvalue weighted by atomic mass is 19.3. The van der Waals surface area contributed by atoms with Crippen LogP contribution < -0.4 is 20.7 Å². The molecule has 0 aliphatic carbocycles. The lowest BCUT2D eigenvalue weighted by Gasteiger charge is -2.28. The van der Waals surface area contributed by atoms with Crippen molar-refractivity contribution in [3.63, 3.8) is 0 Å². The average Bonchev–Trinajstić information content (AvgIpc) is 2.63. The number of anilines is 2. The average molecular weight is 422 g/mol. The van der Waals surface area contributed by atoms with Gasteiger partial charge in [-0.25, -0.2) is 8.78 Å². The summed E-state index contributed by atoms with van der Waals surface area (Å²) in [4.78, 5) is 26.8. The molecule has 1 aliphatic rings. The van der Waals surface area contributed by atoms with Gasteiger partial charge in [0.15, 0.2) is 5.75 Å². The van der Waals surface area contributed by atoms with Crippen molar-refractivity contribution in [1.29, 1.82) is 0 Å². The Morgan fingerprint density at radius 1 is 1.38 bits per heavy atom. The Morgan fingerprint density at radius 3 is 2.69 bits per heavy atom. The molecule has 2 amide bonds. The summed E-state index contributed by atoms with van der Waals surface area (Å²) in [6.07, 6.45) is -2.68. The van der Waals surface area contributed by atoms with Crippen molar-refractivity contribution in [1.82, 2.24) is 4.90 Å². The van der Waals surface area contributed by atoms with Crippen LogP contribution in [-0.2, 0) is 14.3 Å². The molecule has 0 bridgehead atoms. The Kier molecular flexibility index (Phi) is 8.17. The number of nitrogens with two attached hydrogens (primary N) is 1. The summed E-state index contributed by atoms with van der Waals surface area (Å²) >= 11 is 0. The van der Waals surface area contributed by atoms with E-state index in [9.17, 15) is 27.2 Å². The number of ether oxygens (including phenoxy) is 2. The van der Waals surface area contributed by atoms with Gasteiger partial charge in [0, 0.05) is 24.8 Å². The monoisotopic (exact) mass is 422 g/mol. The topological polar surface area (TPSA) is 97.1 Å². The smallest absolute Gasteiger partial charge is 0.387 e. The van der Waals surface area contributed by atoms with Crippen LogP contribution >= 0.6 is 0 Å². The number of hydrogen-bond donors (Lipinski definition) is 2. The van der Waals surface area contributed by atoms with Crippen LogP contribution in [0.2, 0.25) is 0 Å². The van der Waals surface area contributed by atoms with Crippen LogP contribution in [0.1, 0.15) is 0 Å². The second-order valence-corrected chi connectivity index (χ2v) is 6.23. The van der Waals surface area contributed by atoms with Crippen molar-refractivity contribution >= 4 is 23.2 Å². The lowest BCUT2D eigenvalue weighted by Crippen LogP contribution is -2.48. The van der Waals surface area contributed by atoms with Crippen LogP contribution in [0, 0.1) is 0 Å². The molecule has 29 heavy (non-hydrogen) atoms. The van der Waals surface area contributed by atoms with E-state index in [2.05, 4.69) is 10.1 Å². The van der Waals surface area contributed by atoms with Gasteiger partial charge in [-0.2, -0.15) is 8.78 Å². The zero-order valence-electron chi connectivity index (χ0n) is 15.6. The summed E-state index contributed by atoms with van der Waals surface area (Å²) < 4.78 is 60.3. The molecule has 1 atom stereocenters. The minimum Gasteiger partial charge on any atom is -0.433 e. The first-order chi connectivity index (χ1) is 13.7. The van der Waals surface area contributed by atoms with Crippen molar-refractivity contribution in [3.8, 4) is 5.75 Å². The van der Waals surface area contributed by atoms with E-state index >= 15 is 0 Å². The molecule has 162 valence electrons. The van der Waals surface area contributed by atoms with Gasteiger partial charge in [-0.05, 0) is 19.2 Å². The molecular formula is C17H22F4N4O4. The van der Waals surface area contributed by atoms with Crippen molar-refractivity contribution < 1.29 is 36.6 Å². The van der Waals surface area contributed by atoms with Gasteiger partial charge >= 0.3 is 6.61 Å². The number of morpholine rings is 1. The standard InChI is InChI=1S/C17H22F4N4O4/c1-24(8-14(18)19)12(7-22)16(27)23-11-3-2-10(6-13(11)29-17(20)21)25-4-5-28-9-15(25)26/h2-3,6,12,14,17H,4-5,7-9,22H2,1H3,(H,23,27)/t12-/m0/s1. The molecule has 1 saturated heterocycles. The second-order valence-electron chi connectivity index (χ2n) is 6.23. The SMILES string of the molecule is CN(CC(F)F)[C@@H](CN)C(=O)Nc1ccc(N2CCOCC2=O)cc1OC(F)F. The van der Waals surface area contributed by atoms with Crippen LogP contribution in [0.4, 0.5) is 28.9 Å². The lowest BCUT2D eigenvalue weighted by molar-refractivity contribution is -0.125. The third-order valence-electron chi connectivity index (χ3n) is 4.22. The molecule has 3 N–H and O–H groups in total. The highest BCUT2D eigenvalue weighted by Crippen LogP contribution is 2.32. The molecule has 1 heterocycles. The highest BCUT2D eigenvalue weighted by Gasteiger charge is 2.26. The fraction of sp³-hybridized carbons (Fsp3) is 0.529. The van der Waals surface area contributed by atoms with Gasteiger partial charge in [0.2, 0.25) is 5.91 Å². The van der Waals surface area contributed by atoms with Crippen LogP contribution in [-0.4, -0.2) is 75.7 Å². The molecule has 12 heteroatoms. The quantitative estimate of drug-likeness (QED) is 0.579. The number of halogens is 4. The van der Waals surface area contributed by atoms with Crippen molar-refractivity contribution in [3.05, 3.63) is 18.2 Å². The molecule has 1 aromatic rings. The van der Waals surface area contributed by atoms with Crippen LogP contribution in [0.5, 0.6) is 5.75 Å². The Bertz CT molecular complexity index is 723. The maximum Gasteiger partial charge on any atom is 0.387 e. The van der Waals surface area contributed by atoms with Gasteiger partial charge in [-0.3, -0.25) is 14.5 Å². The zero-order chi connectivity index (χ0) is 21.6. The first-order valence-corrected chi connectivity index (χ1v) is 8.69. The van der Waals surface area contributed by atoms with E-state index in [1.807, 2.05) is 0 Å². The summed E-state index contributed by atoms with van der Waals surface area (Å²) in [7, 11) is 1.30. The van der Waals surface area contributed by atoms with Gasteiger partial charge in [0.05, 0.1) is 18.8 Å². The third kappa shape index (κ3) is 6.27. The molecule has 1 aliphatic heterocycles. The molecule has 0 saturated carbocycles. The molecular weight excluding hydrogens is 400 g/mol. The summed E-state index contributed by atoms with van der Waals surface area (Å²) in [5.41, 5.74) is 5.69. The first kappa shape index (κ1) is 22.8. The Morgan fingerprint density at radius 2 is 2.10 bits per heavy atom. The van der Waals surface area contributed by atoms with E-state index < -0.39 is 31.5 Å². The van der Waals surface area contributed by atoms with E-state index in [-0.39, 0.29) is 49.3 Å². The van der Waals surface area contributed by atoms with Gasteiger partial charge < -0.3 is 25.4 Å². The van der Waals surface area contributed by atoms with Gasteiger partial charge in [0.25, 0.3) is 12.3 Å². The lowest BCUT2D eigenvalue weighted by atomic mass is 10.2. The van der Waals surface area contributed by atoms with Crippen molar-refractivity contribution in [2.75, 3.05) is 50.1 Å². The number of nitrogens with one attached hydrogen (secondary N) is 1. The van der Waals surface area contributed by atoms with E-state index in [0.29, 0.717) is 0 Å². The number of likely N-dealkylation sites (N-methyl/N-ethyl adjacent to an activating group) is 1. The number of nitrogens with zero attached hydrogens (tertiary/aromatic N) is 2. The number of hydrogen-bond acceptors (Lipinski definition) is 6. The summed E-state index contributed by atoms with van der Waals surface area (Å²) in [6.45, 7) is -3.77. The summed E-state index contributed by atoms with van der Waals surface area (Å²) in [5.74, 6) is -1.49. The Labute approximate surface area is 164 Å². The van der Waals surface area contributed by atoms with Crippen LogP contribution in [0.25, 0.3) is 0 Å². The van der Waals surface area contributed by atoms with Crippen molar-refractivity contribution in [2.24, 2.45) is 5.73 Å². The van der Waals surface area contributed by atoms with Gasteiger partial charge in [0.1, 0.15) is 12.6 Å².